The van der Waals surface area contributed by atoms with Crippen molar-refractivity contribution in [2.45, 2.75) is 51.2 Å². The molecule has 1 aromatic rings. The average Bonchev–Trinajstić information content (AvgIpc) is 2.49. The third kappa shape index (κ3) is 7.53. The molecule has 1 amide bonds. The molecule has 132 valence electrons. The summed E-state index contributed by atoms with van der Waals surface area (Å²) in [6, 6.07) is 11.4. The van der Waals surface area contributed by atoms with E-state index >= 15 is 0 Å². The van der Waals surface area contributed by atoms with Crippen LogP contribution in [0.5, 0.6) is 0 Å². The van der Waals surface area contributed by atoms with Crippen LogP contribution in [0, 0.1) is 0 Å². The van der Waals surface area contributed by atoms with Crippen molar-refractivity contribution < 1.29 is 4.79 Å². The molecule has 1 aliphatic rings. The number of nitrogens with two attached hydrogens (primary N) is 1. The van der Waals surface area contributed by atoms with E-state index in [1.807, 2.05) is 0 Å². The molecule has 0 saturated carbocycles. The first-order valence-electron chi connectivity index (χ1n) is 7.96. The van der Waals surface area contributed by atoms with Crippen molar-refractivity contribution >= 4 is 30.7 Å². The Bertz CT molecular complexity index is 445. The smallest absolute Gasteiger partial charge is 0.220 e. The number of amides is 1. The van der Waals surface area contributed by atoms with Gasteiger partial charge in [-0.05, 0) is 38.3 Å². The molecule has 0 bridgehead atoms. The molecule has 4 nitrogen and oxygen atoms in total. The maximum atomic E-state index is 11.8. The van der Waals surface area contributed by atoms with Gasteiger partial charge in [0.15, 0.2) is 0 Å². The normalized spacial score (nSPS) is 21.0. The van der Waals surface area contributed by atoms with Gasteiger partial charge in [-0.1, -0.05) is 30.3 Å². The fourth-order valence-corrected chi connectivity index (χ4v) is 2.97. The Morgan fingerprint density at radius 1 is 1.30 bits per heavy atom. The molecule has 1 fully saturated rings. The second-order valence-corrected chi connectivity index (χ2v) is 5.99. The van der Waals surface area contributed by atoms with Crippen LogP contribution in [-0.2, 0) is 11.3 Å². The Hall–Kier alpha value is -0.810. The second kappa shape index (κ2) is 11.7. The minimum atomic E-state index is 0. The number of hydrogen-bond donors (Lipinski definition) is 2. The molecule has 3 N–H and O–H groups in total. The van der Waals surface area contributed by atoms with Crippen LogP contribution in [0.25, 0.3) is 0 Å². The highest BCUT2D eigenvalue weighted by atomic mass is 35.5. The lowest BCUT2D eigenvalue weighted by Gasteiger charge is -2.38. The van der Waals surface area contributed by atoms with E-state index in [0.717, 1.165) is 32.4 Å². The van der Waals surface area contributed by atoms with Crippen LogP contribution in [0.3, 0.4) is 0 Å². The van der Waals surface area contributed by atoms with Crippen LogP contribution in [-0.4, -0.2) is 36.0 Å². The lowest BCUT2D eigenvalue weighted by molar-refractivity contribution is -0.122. The van der Waals surface area contributed by atoms with Crippen molar-refractivity contribution in [1.29, 1.82) is 0 Å². The van der Waals surface area contributed by atoms with E-state index in [-0.39, 0.29) is 30.7 Å². The summed E-state index contributed by atoms with van der Waals surface area (Å²) < 4.78 is 0. The van der Waals surface area contributed by atoms with Gasteiger partial charge in [0.05, 0.1) is 0 Å². The first kappa shape index (κ1) is 22.2. The van der Waals surface area contributed by atoms with E-state index < -0.39 is 0 Å². The summed E-state index contributed by atoms with van der Waals surface area (Å²) in [5.74, 6) is 0.147. The van der Waals surface area contributed by atoms with Gasteiger partial charge in [0.2, 0.25) is 5.91 Å². The van der Waals surface area contributed by atoms with Crippen LogP contribution in [0.15, 0.2) is 30.3 Å². The molecular weight excluding hydrogens is 333 g/mol. The second-order valence-electron chi connectivity index (χ2n) is 5.99. The lowest BCUT2D eigenvalue weighted by atomic mass is 9.97. The van der Waals surface area contributed by atoms with Crippen LogP contribution < -0.4 is 11.1 Å². The number of likely N-dealkylation sites (tertiary alicyclic amines) is 1. The van der Waals surface area contributed by atoms with Crippen molar-refractivity contribution in [3.05, 3.63) is 35.9 Å². The van der Waals surface area contributed by atoms with Gasteiger partial charge in [0, 0.05) is 31.6 Å². The Labute approximate surface area is 152 Å². The third-order valence-electron chi connectivity index (χ3n) is 4.22. The highest BCUT2D eigenvalue weighted by Crippen LogP contribution is 2.20. The van der Waals surface area contributed by atoms with Gasteiger partial charge in [-0.2, -0.15) is 0 Å². The van der Waals surface area contributed by atoms with E-state index in [9.17, 15) is 4.79 Å². The van der Waals surface area contributed by atoms with E-state index in [1.165, 1.54) is 5.56 Å². The average molecular weight is 362 g/mol. The highest BCUT2D eigenvalue weighted by Gasteiger charge is 2.26. The fourth-order valence-electron chi connectivity index (χ4n) is 2.97. The molecule has 0 radical (unpaired) electrons. The predicted molar refractivity (Wildman–Crippen MR) is 100 cm³/mol. The monoisotopic (exact) mass is 361 g/mol. The largest absolute Gasteiger partial charge is 0.353 e. The summed E-state index contributed by atoms with van der Waals surface area (Å²) in [6.45, 7) is 4.87. The van der Waals surface area contributed by atoms with Crippen molar-refractivity contribution in [3.63, 3.8) is 0 Å². The van der Waals surface area contributed by atoms with Gasteiger partial charge in [-0.25, -0.2) is 0 Å². The van der Waals surface area contributed by atoms with Gasteiger partial charge >= 0.3 is 0 Å². The maximum absolute atomic E-state index is 11.8. The summed E-state index contributed by atoms with van der Waals surface area (Å²) in [6.07, 6.45) is 3.39. The minimum absolute atomic E-state index is 0. The number of piperidine rings is 1. The molecule has 2 atom stereocenters. The molecule has 2 rings (SSSR count). The first-order valence-corrected chi connectivity index (χ1v) is 7.96. The van der Waals surface area contributed by atoms with Crippen molar-refractivity contribution in [3.8, 4) is 0 Å². The molecule has 1 aliphatic heterocycles. The van der Waals surface area contributed by atoms with E-state index in [1.54, 1.807) is 0 Å². The number of carbonyl (C=O) groups is 1. The Kier molecular flexibility index (Phi) is 11.3. The third-order valence-corrected chi connectivity index (χ3v) is 4.22. The first-order chi connectivity index (χ1) is 10.2. The number of nitrogens with zero attached hydrogens (tertiary/aromatic N) is 1. The van der Waals surface area contributed by atoms with E-state index in [2.05, 4.69) is 47.5 Å². The van der Waals surface area contributed by atoms with Crippen LogP contribution in [0.2, 0.25) is 0 Å². The Morgan fingerprint density at radius 3 is 2.61 bits per heavy atom. The Balaban J connectivity index is 0.00000242. The minimum Gasteiger partial charge on any atom is -0.353 e. The Morgan fingerprint density at radius 2 is 2.00 bits per heavy atom. The van der Waals surface area contributed by atoms with Crippen molar-refractivity contribution in [2.24, 2.45) is 5.73 Å². The van der Waals surface area contributed by atoms with Gasteiger partial charge in [-0.15, -0.1) is 24.8 Å². The van der Waals surface area contributed by atoms with E-state index in [0.29, 0.717) is 25.0 Å². The van der Waals surface area contributed by atoms with Crippen LogP contribution in [0.1, 0.15) is 38.2 Å². The molecule has 1 saturated heterocycles. The molecular formula is C17H29Cl2N3O. The number of carbonyl (C=O) groups excluding carboxylic acids is 1. The lowest BCUT2D eigenvalue weighted by Crippen LogP contribution is -2.48. The quantitative estimate of drug-likeness (QED) is 0.818. The molecule has 23 heavy (non-hydrogen) atoms. The zero-order chi connectivity index (χ0) is 15.1. The molecule has 1 heterocycles. The van der Waals surface area contributed by atoms with Gasteiger partial charge in [0.1, 0.15) is 0 Å². The molecule has 0 spiro atoms. The van der Waals surface area contributed by atoms with Crippen LogP contribution >= 0.6 is 24.8 Å². The van der Waals surface area contributed by atoms with Crippen LogP contribution in [0.4, 0.5) is 0 Å². The SMILES string of the molecule is CC1CC(NC(=O)CCCN)CCN1Cc1ccccc1.Cl.Cl. The fraction of sp³-hybridized carbons (Fsp3) is 0.588. The summed E-state index contributed by atoms with van der Waals surface area (Å²) in [7, 11) is 0. The highest BCUT2D eigenvalue weighted by molar-refractivity contribution is 5.85. The molecule has 1 aromatic carbocycles. The summed E-state index contributed by atoms with van der Waals surface area (Å²) in [5, 5.41) is 3.15. The topological polar surface area (TPSA) is 58.4 Å². The molecule has 6 heteroatoms. The summed E-state index contributed by atoms with van der Waals surface area (Å²) in [4.78, 5) is 14.3. The van der Waals surface area contributed by atoms with Gasteiger partial charge in [-0.3, -0.25) is 9.69 Å². The maximum Gasteiger partial charge on any atom is 0.220 e. The van der Waals surface area contributed by atoms with Gasteiger partial charge < -0.3 is 11.1 Å². The number of rotatable bonds is 6. The molecule has 2 unspecified atom stereocenters. The van der Waals surface area contributed by atoms with E-state index in [4.69, 9.17) is 5.73 Å². The zero-order valence-corrected chi connectivity index (χ0v) is 15.4. The summed E-state index contributed by atoms with van der Waals surface area (Å²) >= 11 is 0. The number of halogens is 2. The molecule has 0 aromatic heterocycles. The molecule has 0 aliphatic carbocycles. The predicted octanol–water partition coefficient (Wildman–Crippen LogP) is 2.74. The van der Waals surface area contributed by atoms with Gasteiger partial charge in [0.25, 0.3) is 0 Å². The van der Waals surface area contributed by atoms with Crippen molar-refractivity contribution in [1.82, 2.24) is 10.2 Å². The standard InChI is InChI=1S/C17H27N3O.2ClH/c1-14-12-16(19-17(21)8-5-10-18)9-11-20(14)13-15-6-3-2-4-7-15;;/h2-4,6-7,14,16H,5,8-13,18H2,1H3,(H,19,21);2*1H. The number of benzene rings is 1. The van der Waals surface area contributed by atoms with Crippen molar-refractivity contribution in [2.75, 3.05) is 13.1 Å². The zero-order valence-electron chi connectivity index (χ0n) is 13.7. The number of nitrogens with one attached hydrogen (secondary N) is 1. The summed E-state index contributed by atoms with van der Waals surface area (Å²) in [5.41, 5.74) is 6.79. The number of hydrogen-bond acceptors (Lipinski definition) is 3.